The third kappa shape index (κ3) is 4.65. The first-order valence-corrected chi connectivity index (χ1v) is 5.88. The summed E-state index contributed by atoms with van der Waals surface area (Å²) in [5.41, 5.74) is -0.318. The van der Waals surface area contributed by atoms with Crippen LogP contribution in [0.3, 0.4) is 0 Å². The predicted octanol–water partition coefficient (Wildman–Crippen LogP) is 2.20. The molecule has 0 spiro atoms. The van der Waals surface area contributed by atoms with Gasteiger partial charge in [0.1, 0.15) is 5.60 Å². The summed E-state index contributed by atoms with van der Waals surface area (Å²) in [5, 5.41) is 0. The lowest BCUT2D eigenvalue weighted by atomic mass is 10.2. The molecule has 88 valence electrons. The molecule has 0 bridgehead atoms. The molecule has 0 radical (unpaired) electrons. The summed E-state index contributed by atoms with van der Waals surface area (Å²) in [5.74, 6) is 0. The molecule has 2 aliphatic rings. The molecule has 2 aliphatic heterocycles. The molecule has 0 aliphatic carbocycles. The van der Waals surface area contributed by atoms with Crippen LogP contribution in [0.5, 0.6) is 0 Å². The zero-order valence-corrected chi connectivity index (χ0v) is 10.2. The van der Waals surface area contributed by atoms with Crippen LogP contribution in [0, 0.1) is 0 Å². The number of rotatable bonds is 1. The van der Waals surface area contributed by atoms with Gasteiger partial charge < -0.3 is 9.64 Å². The fourth-order valence-corrected chi connectivity index (χ4v) is 2.19. The first-order valence-electron chi connectivity index (χ1n) is 5.88. The lowest BCUT2D eigenvalue weighted by molar-refractivity contribution is -0.138. The van der Waals surface area contributed by atoms with E-state index in [-0.39, 0.29) is 5.60 Å². The summed E-state index contributed by atoms with van der Waals surface area (Å²) in [6, 6.07) is 1.01. The Morgan fingerprint density at radius 1 is 1.20 bits per heavy atom. The number of carbonyl (C=O) groups excluding carboxylic acids is 1. The summed E-state index contributed by atoms with van der Waals surface area (Å²) < 4.78 is 4.55. The second kappa shape index (κ2) is 5.50. The maximum Gasteiger partial charge on any atom is 0.293 e. The van der Waals surface area contributed by atoms with E-state index in [4.69, 9.17) is 0 Å². The quantitative estimate of drug-likeness (QED) is 0.625. The minimum atomic E-state index is -0.318. The molecular formula is C12H23NO2. The molecule has 0 N–H and O–H groups in total. The summed E-state index contributed by atoms with van der Waals surface area (Å²) in [6.45, 7) is 8.71. The second-order valence-electron chi connectivity index (χ2n) is 5.30. The van der Waals surface area contributed by atoms with Gasteiger partial charge in [-0.15, -0.1) is 0 Å². The minimum absolute atomic E-state index is 0.318. The largest absolute Gasteiger partial charge is 0.462 e. The molecule has 2 rings (SSSR count). The van der Waals surface area contributed by atoms with Crippen LogP contribution in [0.2, 0.25) is 0 Å². The van der Waals surface area contributed by atoms with Gasteiger partial charge >= 0.3 is 0 Å². The van der Waals surface area contributed by atoms with Crippen molar-refractivity contribution in [1.82, 2.24) is 4.90 Å². The summed E-state index contributed by atoms with van der Waals surface area (Å²) in [7, 11) is 0. The maximum absolute atomic E-state index is 9.60. The average molecular weight is 213 g/mol. The zero-order valence-electron chi connectivity index (χ0n) is 10.2. The number of hydrogen-bond acceptors (Lipinski definition) is 3. The normalized spacial score (nSPS) is 21.8. The molecule has 2 fully saturated rings. The molecule has 3 heteroatoms. The summed E-state index contributed by atoms with van der Waals surface area (Å²) in [4.78, 5) is 12.2. The van der Waals surface area contributed by atoms with E-state index < -0.39 is 0 Å². The van der Waals surface area contributed by atoms with Crippen LogP contribution in [-0.4, -0.2) is 36.1 Å². The molecule has 0 amide bonds. The Labute approximate surface area is 92.8 Å². The number of carbonyl (C=O) groups is 1. The van der Waals surface area contributed by atoms with Gasteiger partial charge in [0.15, 0.2) is 0 Å². The van der Waals surface area contributed by atoms with Gasteiger partial charge in [-0.3, -0.25) is 4.79 Å². The Bertz CT molecular complexity index is 178. The fourth-order valence-electron chi connectivity index (χ4n) is 2.19. The molecule has 2 saturated heterocycles. The molecular weight excluding hydrogens is 190 g/mol. The predicted molar refractivity (Wildman–Crippen MR) is 60.7 cm³/mol. The Hall–Kier alpha value is -0.570. The molecule has 0 aromatic heterocycles. The van der Waals surface area contributed by atoms with Gasteiger partial charge in [0, 0.05) is 6.04 Å². The molecule has 0 aromatic carbocycles. The topological polar surface area (TPSA) is 29.5 Å². The Morgan fingerprint density at radius 3 is 2.00 bits per heavy atom. The number of nitrogens with zero attached hydrogens (tertiary/aromatic N) is 1. The lowest BCUT2D eigenvalue weighted by Gasteiger charge is -2.14. The van der Waals surface area contributed by atoms with E-state index in [1.54, 1.807) is 0 Å². The van der Waals surface area contributed by atoms with Crippen molar-refractivity contribution in [3.63, 3.8) is 0 Å². The molecule has 0 saturated carbocycles. The van der Waals surface area contributed by atoms with Gasteiger partial charge in [0.2, 0.25) is 0 Å². The lowest BCUT2D eigenvalue weighted by Crippen LogP contribution is -2.21. The molecule has 3 nitrogen and oxygen atoms in total. The third-order valence-corrected chi connectivity index (χ3v) is 2.88. The van der Waals surface area contributed by atoms with Gasteiger partial charge in [0.25, 0.3) is 6.47 Å². The zero-order chi connectivity index (χ0) is 11.3. The second-order valence-corrected chi connectivity index (χ2v) is 5.30. The first kappa shape index (κ1) is 12.5. The molecule has 15 heavy (non-hydrogen) atoms. The van der Waals surface area contributed by atoms with Crippen molar-refractivity contribution in [2.45, 2.75) is 58.1 Å². The van der Waals surface area contributed by atoms with Crippen molar-refractivity contribution in [1.29, 1.82) is 0 Å². The van der Waals surface area contributed by atoms with Crippen molar-refractivity contribution in [2.75, 3.05) is 13.1 Å². The molecule has 2 heterocycles. The highest BCUT2D eigenvalue weighted by Gasteiger charge is 2.27. The number of hydrogen-bond donors (Lipinski definition) is 0. The van der Waals surface area contributed by atoms with Crippen molar-refractivity contribution in [3.05, 3.63) is 0 Å². The van der Waals surface area contributed by atoms with Crippen molar-refractivity contribution in [2.24, 2.45) is 0 Å². The maximum atomic E-state index is 9.60. The highest BCUT2D eigenvalue weighted by Crippen LogP contribution is 2.26. The summed E-state index contributed by atoms with van der Waals surface area (Å²) in [6.07, 6.45) is 5.90. The van der Waals surface area contributed by atoms with Gasteiger partial charge in [-0.25, -0.2) is 0 Å². The fraction of sp³-hybridized carbons (Fsp3) is 0.917. The van der Waals surface area contributed by atoms with Crippen LogP contribution < -0.4 is 0 Å². The minimum Gasteiger partial charge on any atom is -0.462 e. The van der Waals surface area contributed by atoms with E-state index in [1.165, 1.54) is 38.8 Å². The van der Waals surface area contributed by atoms with Crippen molar-refractivity contribution < 1.29 is 9.53 Å². The van der Waals surface area contributed by atoms with E-state index in [9.17, 15) is 4.79 Å². The van der Waals surface area contributed by atoms with Gasteiger partial charge in [-0.2, -0.15) is 0 Å². The molecule has 0 unspecified atom stereocenters. The van der Waals surface area contributed by atoms with Crippen molar-refractivity contribution >= 4 is 6.47 Å². The Balaban J connectivity index is 0.000000153. The average Bonchev–Trinajstić information content (AvgIpc) is 2.60. The van der Waals surface area contributed by atoms with Crippen LogP contribution in [0.15, 0.2) is 0 Å². The van der Waals surface area contributed by atoms with Gasteiger partial charge in [0.05, 0.1) is 0 Å². The van der Waals surface area contributed by atoms with E-state index >= 15 is 0 Å². The third-order valence-electron chi connectivity index (χ3n) is 2.88. The standard InChI is InChI=1S/C7H13N.C5H10O2/c1-3-7-4-2-6-8(7)5-1;1-5(2,3)7-4-6/h7H,1-6H2;4H,1-3H3. The Kier molecular flexibility index (Phi) is 4.58. The van der Waals surface area contributed by atoms with Gasteiger partial charge in [-0.05, 0) is 59.5 Å². The molecule has 0 atom stereocenters. The molecule has 0 aromatic rings. The van der Waals surface area contributed by atoms with Crippen LogP contribution in [0.4, 0.5) is 0 Å². The highest BCUT2D eigenvalue weighted by molar-refractivity contribution is 5.37. The smallest absolute Gasteiger partial charge is 0.293 e. The van der Waals surface area contributed by atoms with E-state index in [0.717, 1.165) is 6.04 Å². The van der Waals surface area contributed by atoms with Crippen LogP contribution in [0.1, 0.15) is 46.5 Å². The van der Waals surface area contributed by atoms with E-state index in [0.29, 0.717) is 6.47 Å². The van der Waals surface area contributed by atoms with E-state index in [2.05, 4.69) is 9.64 Å². The SMILES string of the molecule is C1CC2CCCN2C1.CC(C)(C)OC=O. The van der Waals surface area contributed by atoms with Gasteiger partial charge in [-0.1, -0.05) is 0 Å². The first-order chi connectivity index (χ1) is 7.03. The number of ether oxygens (including phenoxy) is 1. The number of fused-ring (bicyclic) bond motifs is 1. The van der Waals surface area contributed by atoms with Crippen LogP contribution in [0.25, 0.3) is 0 Å². The Morgan fingerprint density at radius 2 is 1.73 bits per heavy atom. The van der Waals surface area contributed by atoms with Crippen molar-refractivity contribution in [3.8, 4) is 0 Å². The monoisotopic (exact) mass is 213 g/mol. The van der Waals surface area contributed by atoms with Crippen LogP contribution >= 0.6 is 0 Å². The summed E-state index contributed by atoms with van der Waals surface area (Å²) >= 11 is 0. The van der Waals surface area contributed by atoms with Crippen LogP contribution in [-0.2, 0) is 9.53 Å². The highest BCUT2D eigenvalue weighted by atomic mass is 16.5. The van der Waals surface area contributed by atoms with E-state index in [1.807, 2.05) is 20.8 Å².